The Morgan fingerprint density at radius 3 is 2.56 bits per heavy atom. The smallest absolute Gasteiger partial charge is 0.190 e. The van der Waals surface area contributed by atoms with Crippen LogP contribution in [0.2, 0.25) is 0 Å². The molecule has 7 heteroatoms. The molecule has 27 heavy (non-hydrogen) atoms. The van der Waals surface area contributed by atoms with E-state index in [2.05, 4.69) is 46.7 Å². The Morgan fingerprint density at radius 1 is 1.19 bits per heavy atom. The summed E-state index contributed by atoms with van der Waals surface area (Å²) in [5.74, 6) is 2.31. The number of aryl methyl sites for hydroxylation is 1. The Morgan fingerprint density at radius 2 is 1.93 bits per heavy atom. The first kappa shape index (κ1) is 23.3. The van der Waals surface area contributed by atoms with Crippen molar-refractivity contribution >= 4 is 29.9 Å². The molecule has 1 aromatic carbocycles. The highest BCUT2D eigenvalue weighted by molar-refractivity contribution is 14.0. The fourth-order valence-corrected chi connectivity index (χ4v) is 2.44. The van der Waals surface area contributed by atoms with E-state index in [1.165, 1.54) is 5.56 Å². The standard InChI is InChI=1S/C20H31N5O.HI/c1-17(2)16-26-19-8-6-18(7-9-19)10-13-23-20(21-3)22-11-4-14-25-15-5-12-24-25;/h5-9,12,15,17H,4,10-11,13-14,16H2,1-3H3,(H2,21,22,23);1H. The summed E-state index contributed by atoms with van der Waals surface area (Å²) in [6, 6.07) is 10.3. The summed E-state index contributed by atoms with van der Waals surface area (Å²) in [6.45, 7) is 7.66. The number of hydrogen-bond acceptors (Lipinski definition) is 3. The first-order valence-electron chi connectivity index (χ1n) is 9.31. The van der Waals surface area contributed by atoms with Crippen LogP contribution in [-0.2, 0) is 13.0 Å². The third-order valence-electron chi connectivity index (χ3n) is 3.85. The van der Waals surface area contributed by atoms with Crippen LogP contribution in [0.25, 0.3) is 0 Å². The van der Waals surface area contributed by atoms with Gasteiger partial charge in [0.05, 0.1) is 6.61 Å². The van der Waals surface area contributed by atoms with E-state index in [-0.39, 0.29) is 24.0 Å². The van der Waals surface area contributed by atoms with Gasteiger partial charge in [0, 0.05) is 39.1 Å². The predicted molar refractivity (Wildman–Crippen MR) is 122 cm³/mol. The second-order valence-corrected chi connectivity index (χ2v) is 6.65. The minimum Gasteiger partial charge on any atom is -0.493 e. The molecular formula is C20H32IN5O. The number of nitrogens with one attached hydrogen (secondary N) is 2. The molecule has 1 aromatic heterocycles. The molecular weight excluding hydrogens is 453 g/mol. The summed E-state index contributed by atoms with van der Waals surface area (Å²) >= 11 is 0. The molecule has 0 spiro atoms. The molecule has 0 aliphatic rings. The molecule has 2 N–H and O–H groups in total. The summed E-state index contributed by atoms with van der Waals surface area (Å²) in [6.07, 6.45) is 5.72. The summed E-state index contributed by atoms with van der Waals surface area (Å²) in [5.41, 5.74) is 1.28. The second kappa shape index (κ2) is 13.4. The Balaban J connectivity index is 0.00000364. The van der Waals surface area contributed by atoms with Crippen molar-refractivity contribution in [3.05, 3.63) is 48.3 Å². The summed E-state index contributed by atoms with van der Waals surface area (Å²) < 4.78 is 7.65. The van der Waals surface area contributed by atoms with Crippen LogP contribution in [-0.4, -0.2) is 42.5 Å². The highest BCUT2D eigenvalue weighted by atomic mass is 127. The van der Waals surface area contributed by atoms with Crippen LogP contribution in [0.15, 0.2) is 47.7 Å². The highest BCUT2D eigenvalue weighted by Gasteiger charge is 2.00. The SMILES string of the molecule is CN=C(NCCCn1cccn1)NCCc1ccc(OCC(C)C)cc1.I. The van der Waals surface area contributed by atoms with Gasteiger partial charge in [-0.15, -0.1) is 24.0 Å². The van der Waals surface area contributed by atoms with Crippen LogP contribution < -0.4 is 15.4 Å². The fraction of sp³-hybridized carbons (Fsp3) is 0.500. The Kier molecular flexibility index (Phi) is 11.6. The lowest BCUT2D eigenvalue weighted by Gasteiger charge is -2.12. The van der Waals surface area contributed by atoms with E-state index >= 15 is 0 Å². The number of hydrogen-bond donors (Lipinski definition) is 2. The lowest BCUT2D eigenvalue weighted by atomic mass is 10.1. The zero-order valence-electron chi connectivity index (χ0n) is 16.5. The molecule has 2 rings (SSSR count). The lowest BCUT2D eigenvalue weighted by molar-refractivity contribution is 0.271. The molecule has 6 nitrogen and oxygen atoms in total. The molecule has 0 bridgehead atoms. The molecule has 1 heterocycles. The van der Waals surface area contributed by atoms with Crippen LogP contribution in [0.4, 0.5) is 0 Å². The maximum absolute atomic E-state index is 5.71. The van der Waals surface area contributed by atoms with E-state index in [1.807, 2.05) is 29.1 Å². The van der Waals surface area contributed by atoms with Crippen molar-refractivity contribution in [1.29, 1.82) is 0 Å². The Hall–Kier alpha value is -1.77. The molecule has 0 saturated carbocycles. The largest absolute Gasteiger partial charge is 0.493 e. The van der Waals surface area contributed by atoms with Gasteiger partial charge >= 0.3 is 0 Å². The van der Waals surface area contributed by atoms with E-state index in [1.54, 1.807) is 13.2 Å². The summed E-state index contributed by atoms with van der Waals surface area (Å²) in [5, 5.41) is 10.9. The number of aromatic nitrogens is 2. The van der Waals surface area contributed by atoms with Gasteiger partial charge in [0.1, 0.15) is 5.75 Å². The van der Waals surface area contributed by atoms with Gasteiger partial charge in [0.25, 0.3) is 0 Å². The minimum atomic E-state index is 0. The predicted octanol–water partition coefficient (Wildman–Crippen LogP) is 3.33. The lowest BCUT2D eigenvalue weighted by Crippen LogP contribution is -2.39. The number of nitrogens with zero attached hydrogens (tertiary/aromatic N) is 3. The molecule has 0 amide bonds. The molecule has 0 aliphatic heterocycles. The number of rotatable bonds is 10. The van der Waals surface area contributed by atoms with Gasteiger partial charge in [-0.25, -0.2) is 0 Å². The monoisotopic (exact) mass is 485 g/mol. The first-order valence-corrected chi connectivity index (χ1v) is 9.31. The molecule has 0 unspecified atom stereocenters. The maximum Gasteiger partial charge on any atom is 0.190 e. The van der Waals surface area contributed by atoms with Crippen molar-refractivity contribution in [1.82, 2.24) is 20.4 Å². The number of aliphatic imine (C=N–C) groups is 1. The average Bonchev–Trinajstić information content (AvgIpc) is 3.16. The molecule has 0 saturated heterocycles. The van der Waals surface area contributed by atoms with Crippen molar-refractivity contribution in [2.24, 2.45) is 10.9 Å². The molecule has 0 radical (unpaired) electrons. The van der Waals surface area contributed by atoms with Crippen LogP contribution in [0.5, 0.6) is 5.75 Å². The summed E-state index contributed by atoms with van der Waals surface area (Å²) in [4.78, 5) is 4.26. The Labute approximate surface area is 179 Å². The third kappa shape index (κ3) is 9.65. The third-order valence-corrected chi connectivity index (χ3v) is 3.85. The maximum atomic E-state index is 5.71. The van der Waals surface area contributed by atoms with E-state index in [0.29, 0.717) is 5.92 Å². The van der Waals surface area contributed by atoms with Crippen molar-refractivity contribution < 1.29 is 4.74 Å². The van der Waals surface area contributed by atoms with Crippen molar-refractivity contribution in [2.45, 2.75) is 33.2 Å². The Bertz CT molecular complexity index is 641. The molecule has 2 aromatic rings. The van der Waals surface area contributed by atoms with E-state index in [9.17, 15) is 0 Å². The van der Waals surface area contributed by atoms with Crippen molar-refractivity contribution in [2.75, 3.05) is 26.7 Å². The fourth-order valence-electron chi connectivity index (χ4n) is 2.44. The average molecular weight is 485 g/mol. The number of benzene rings is 1. The molecule has 150 valence electrons. The van der Waals surface area contributed by atoms with Crippen LogP contribution in [0.3, 0.4) is 0 Å². The second-order valence-electron chi connectivity index (χ2n) is 6.65. The highest BCUT2D eigenvalue weighted by Crippen LogP contribution is 2.13. The normalized spacial score (nSPS) is 11.2. The van der Waals surface area contributed by atoms with Crippen molar-refractivity contribution in [3.63, 3.8) is 0 Å². The molecule has 0 atom stereocenters. The van der Waals surface area contributed by atoms with Gasteiger partial charge < -0.3 is 15.4 Å². The van der Waals surface area contributed by atoms with E-state index in [0.717, 1.165) is 50.8 Å². The minimum absolute atomic E-state index is 0. The zero-order valence-corrected chi connectivity index (χ0v) is 18.8. The van der Waals surface area contributed by atoms with Crippen LogP contribution in [0.1, 0.15) is 25.8 Å². The quantitative estimate of drug-likeness (QED) is 0.235. The summed E-state index contributed by atoms with van der Waals surface area (Å²) in [7, 11) is 1.80. The number of ether oxygens (including phenoxy) is 1. The van der Waals surface area contributed by atoms with Gasteiger partial charge in [-0.1, -0.05) is 26.0 Å². The molecule has 0 aliphatic carbocycles. The van der Waals surface area contributed by atoms with Gasteiger partial charge in [0.15, 0.2) is 5.96 Å². The van der Waals surface area contributed by atoms with Crippen LogP contribution >= 0.6 is 24.0 Å². The topological polar surface area (TPSA) is 63.5 Å². The van der Waals surface area contributed by atoms with Gasteiger partial charge in [-0.05, 0) is 42.5 Å². The zero-order chi connectivity index (χ0) is 18.6. The molecule has 0 fully saturated rings. The first-order chi connectivity index (χ1) is 12.7. The van der Waals surface area contributed by atoms with Gasteiger partial charge in [-0.3, -0.25) is 9.67 Å². The van der Waals surface area contributed by atoms with Gasteiger partial charge in [-0.2, -0.15) is 5.10 Å². The van der Waals surface area contributed by atoms with Crippen LogP contribution in [0, 0.1) is 5.92 Å². The van der Waals surface area contributed by atoms with Gasteiger partial charge in [0.2, 0.25) is 0 Å². The van der Waals surface area contributed by atoms with E-state index < -0.39 is 0 Å². The number of halogens is 1. The van der Waals surface area contributed by atoms with Crippen molar-refractivity contribution in [3.8, 4) is 5.75 Å². The number of guanidine groups is 1. The van der Waals surface area contributed by atoms with E-state index in [4.69, 9.17) is 4.74 Å².